The van der Waals surface area contributed by atoms with Gasteiger partial charge in [0, 0.05) is 47.0 Å². The van der Waals surface area contributed by atoms with E-state index in [-0.39, 0.29) is 6.42 Å². The first-order chi connectivity index (χ1) is 71.2. The molecule has 0 spiro atoms. The van der Waals surface area contributed by atoms with Gasteiger partial charge in [-0.2, -0.15) is 0 Å². The molecule has 5 amide bonds. The molecular weight excluding hydrogens is 1980 g/mol. The lowest BCUT2D eigenvalue weighted by atomic mass is 9.88. The summed E-state index contributed by atoms with van der Waals surface area (Å²) in [5, 5.41) is 276. The molecular formula is C100H175N5O44. The van der Waals surface area contributed by atoms with E-state index in [1.165, 1.54) is 128 Å². The lowest BCUT2D eigenvalue weighted by Gasteiger charge is -2.53. The molecule has 0 aromatic heterocycles. The van der Waals surface area contributed by atoms with Gasteiger partial charge < -0.3 is 210 Å². The maximum Gasteiger partial charge on any atom is 0.364 e. The van der Waals surface area contributed by atoms with E-state index < -0.39 is 345 Å². The maximum absolute atomic E-state index is 14.2. The number of amides is 5. The zero-order chi connectivity index (χ0) is 110. The van der Waals surface area contributed by atoms with Crippen LogP contribution in [0.4, 0.5) is 0 Å². The van der Waals surface area contributed by atoms with Crippen molar-refractivity contribution in [1.29, 1.82) is 0 Å². The van der Waals surface area contributed by atoms with Crippen LogP contribution >= 0.6 is 0 Å². The second-order valence-corrected chi connectivity index (χ2v) is 40.3. The third kappa shape index (κ3) is 39.2. The summed E-state index contributed by atoms with van der Waals surface area (Å²) < 4.78 is 86.1. The van der Waals surface area contributed by atoms with Crippen molar-refractivity contribution in [2.24, 2.45) is 0 Å². The predicted molar refractivity (Wildman–Crippen MR) is 521 cm³/mol. The molecule has 7 aliphatic rings. The van der Waals surface area contributed by atoms with Gasteiger partial charge in [-0.3, -0.25) is 24.0 Å². The van der Waals surface area contributed by atoms with Gasteiger partial charge in [-0.25, -0.2) is 9.59 Å². The predicted octanol–water partition coefficient (Wildman–Crippen LogP) is -3.00. The standard InChI is InChI=1S/C100H175N5O44/c1-7-9-11-13-15-17-19-21-22-23-24-25-26-27-28-29-30-32-34-36-38-40-42-44-70(122)105-59(60(117)43-41-39-37-35-33-31-20-18-16-14-12-10-8-2)54-136-94-81(129)80(128)84(67(51-110)139-94)142-95-82(130)90(148-99(97(132)133)45-61(118)71(101-55(3)113)88(146-99)75(123)63(120)47-106)86(69(53-112)140-95)144-93-74(104-58(6)116)87(78(126)66(50-109)138-93)145-96-83(131)91(85(68(52-111)141-96)143-92-73(103-57(5)115)79(127)77(125)65(49-108)137-92)149-100(98(134)135)46-62(119)72(102-56(4)114)89(147-100)76(124)64(121)48-107/h21-22,41,43,59-69,71-96,106-112,117-121,123-131H,7-20,23-40,42,44-54H2,1-6H3,(H,101,113)(H,102,114)(H,103,115)(H,104,116)(H,105,122)(H,132,133)(H,134,135)/b22-21-,43-41+/t59-,60+,61?,62?,63+,64+,65?,66?,67?,68?,69?,71+,72+,73?,74?,75+,76+,77-,78-,79+,80+,81?,82?,83?,84+,85-,86-,87+,88?,89?,90+,91+,92-,93-,94+,95-,96-,99-,100-/m0/s1. The molecule has 0 aliphatic carbocycles. The number of unbranched alkanes of at least 4 members (excludes halogenated alkanes) is 30. The number of aliphatic hydroxyl groups excluding tert-OH is 21. The molecule has 7 fully saturated rings. The SMILES string of the molecule is CCCCCCCC/C=C\CCCCCCCCCCCCCCCC(=O)N[C@@H](CO[C@@H]1OC(CO)[C@@H](O[C@@H]2OC(CO)[C@H](O[C@@H]3OC(CO)[C@H](O)[C@H](O[C@@H]4OC(CO)[C@H](O[C@@H]5OC(CO)[C@H](O)[C@H](O)C5NC(C)=O)[C@H](O[C@]5(C(=O)O)CC(O)[C@@H](NC(C)=O)C([C@H](O)[C@H](O)CO)O5)C4O)C3NC(C)=O)[C@H](O[C@]3(C(=O)O)CC(O)[C@@H](NC(C)=O)C([C@H](O)[C@H](O)CO)O3)C2O)[C@H](O)C1O)[C@H](O)/C=C/CCCCCCCCCCCCC. The van der Waals surface area contributed by atoms with Gasteiger partial charge in [0.15, 0.2) is 31.5 Å². The van der Waals surface area contributed by atoms with Crippen LogP contribution in [0.2, 0.25) is 0 Å². The number of aliphatic hydroxyl groups is 21. The van der Waals surface area contributed by atoms with Crippen molar-refractivity contribution in [3.63, 3.8) is 0 Å². The first-order valence-corrected chi connectivity index (χ1v) is 53.4. The van der Waals surface area contributed by atoms with E-state index >= 15 is 0 Å². The summed E-state index contributed by atoms with van der Waals surface area (Å²) in [5.41, 5.74) is 0. The number of carbonyl (C=O) groups excluding carboxylic acids is 5. The summed E-state index contributed by atoms with van der Waals surface area (Å²) in [6.45, 7) is -1.54. The number of rotatable bonds is 70. The lowest BCUT2D eigenvalue weighted by molar-refractivity contribution is -0.408. The average molecular weight is 2150 g/mol. The van der Waals surface area contributed by atoms with E-state index in [2.05, 4.69) is 52.6 Å². The van der Waals surface area contributed by atoms with E-state index in [1.54, 1.807) is 6.08 Å². The van der Waals surface area contributed by atoms with Crippen LogP contribution in [0.5, 0.6) is 0 Å². The van der Waals surface area contributed by atoms with Crippen molar-refractivity contribution < 1.29 is 217 Å². The maximum atomic E-state index is 14.2. The van der Waals surface area contributed by atoms with E-state index in [9.17, 15) is 151 Å². The van der Waals surface area contributed by atoms with Crippen LogP contribution in [0.1, 0.15) is 273 Å². The quantitative estimate of drug-likeness (QED) is 0.0213. The highest BCUT2D eigenvalue weighted by molar-refractivity contribution is 5.78. The van der Waals surface area contributed by atoms with Gasteiger partial charge in [0.2, 0.25) is 29.5 Å². The Kier molecular flexibility index (Phi) is 59.0. The Balaban J connectivity index is 1.18. The Morgan fingerprint density at radius 1 is 0.349 bits per heavy atom. The number of allylic oxidation sites excluding steroid dienone is 3. The minimum atomic E-state index is -3.56. The Morgan fingerprint density at radius 2 is 0.678 bits per heavy atom. The minimum Gasteiger partial charge on any atom is -0.477 e. The molecule has 0 saturated carbocycles. The van der Waals surface area contributed by atoms with Gasteiger partial charge in [-0.1, -0.05) is 205 Å². The smallest absolute Gasteiger partial charge is 0.364 e. The number of carboxylic acids is 2. The molecule has 0 radical (unpaired) electrons. The average Bonchev–Trinajstić information content (AvgIpc) is 0.744. The van der Waals surface area contributed by atoms with Gasteiger partial charge in [0.05, 0.1) is 89.3 Å². The minimum absolute atomic E-state index is 0.0713. The zero-order valence-electron chi connectivity index (χ0n) is 86.6. The molecule has 0 aromatic carbocycles. The van der Waals surface area contributed by atoms with E-state index in [0.717, 1.165) is 105 Å². The number of carbonyl (C=O) groups is 7. The molecule has 14 unspecified atom stereocenters. The van der Waals surface area contributed by atoms with Gasteiger partial charge in [0.25, 0.3) is 11.6 Å². The van der Waals surface area contributed by atoms with Crippen molar-refractivity contribution in [2.75, 3.05) is 52.9 Å². The third-order valence-electron chi connectivity index (χ3n) is 28.2. The number of hydrogen-bond donors (Lipinski definition) is 28. The monoisotopic (exact) mass is 2150 g/mol. The molecule has 149 heavy (non-hydrogen) atoms. The Morgan fingerprint density at radius 3 is 1.06 bits per heavy atom. The molecule has 864 valence electrons. The van der Waals surface area contributed by atoms with E-state index in [4.69, 9.17) is 66.3 Å². The zero-order valence-corrected chi connectivity index (χ0v) is 86.6. The van der Waals surface area contributed by atoms with E-state index in [1.807, 2.05) is 0 Å². The first-order valence-electron chi connectivity index (χ1n) is 53.4. The number of hydrogen-bond acceptors (Lipinski definition) is 42. The highest BCUT2D eigenvalue weighted by atomic mass is 16.8. The summed E-state index contributed by atoms with van der Waals surface area (Å²) in [6, 6.07) is -9.18. The van der Waals surface area contributed by atoms with Crippen molar-refractivity contribution in [3.05, 3.63) is 24.3 Å². The number of carboxylic acid groups (broad SMARTS) is 2. The largest absolute Gasteiger partial charge is 0.477 e. The second kappa shape index (κ2) is 67.5. The summed E-state index contributed by atoms with van der Waals surface area (Å²) in [4.78, 5) is 94.1. The highest BCUT2D eigenvalue weighted by Crippen LogP contribution is 2.45. The molecule has 7 heterocycles. The molecule has 39 atom stereocenters. The molecule has 49 nitrogen and oxygen atoms in total. The van der Waals surface area contributed by atoms with Gasteiger partial charge in [-0.05, 0) is 44.9 Å². The molecule has 7 aliphatic heterocycles. The van der Waals surface area contributed by atoms with Crippen LogP contribution in [0.3, 0.4) is 0 Å². The summed E-state index contributed by atoms with van der Waals surface area (Å²) in [5.74, 6) is -16.0. The topological polar surface area (TPSA) is 774 Å². The van der Waals surface area contributed by atoms with Crippen molar-refractivity contribution in [3.8, 4) is 0 Å². The summed E-state index contributed by atoms with van der Waals surface area (Å²) in [7, 11) is 0. The fourth-order valence-electron chi connectivity index (χ4n) is 19.9. The Bertz CT molecular complexity index is 3880. The van der Waals surface area contributed by atoms with Crippen LogP contribution in [-0.2, 0) is 99.9 Å². The van der Waals surface area contributed by atoms with Crippen molar-refractivity contribution in [2.45, 2.75) is 511 Å². The second-order valence-electron chi connectivity index (χ2n) is 40.3. The fourth-order valence-corrected chi connectivity index (χ4v) is 19.9. The number of ether oxygens (including phenoxy) is 14. The Hall–Kier alpha value is -5.63. The Labute approximate surface area is 869 Å². The number of nitrogens with one attached hydrogen (secondary N) is 5. The molecule has 7 rings (SSSR count). The van der Waals surface area contributed by atoms with Crippen LogP contribution < -0.4 is 26.6 Å². The van der Waals surface area contributed by atoms with Gasteiger partial charge >= 0.3 is 11.9 Å². The van der Waals surface area contributed by atoms with Crippen LogP contribution in [-0.4, -0.2) is 450 Å². The van der Waals surface area contributed by atoms with Crippen LogP contribution in [0.25, 0.3) is 0 Å². The normalized spacial score (nSPS) is 34.8. The lowest BCUT2D eigenvalue weighted by Crippen LogP contribution is -2.73. The summed E-state index contributed by atoms with van der Waals surface area (Å²) in [6.07, 6.45) is -31.5. The van der Waals surface area contributed by atoms with Crippen LogP contribution in [0, 0.1) is 0 Å². The number of aliphatic carboxylic acids is 2. The highest BCUT2D eigenvalue weighted by Gasteiger charge is 2.65. The third-order valence-corrected chi connectivity index (χ3v) is 28.2. The van der Waals surface area contributed by atoms with Gasteiger partial charge in [-0.15, -0.1) is 0 Å². The van der Waals surface area contributed by atoms with Gasteiger partial charge in [0.1, 0.15) is 159 Å². The molecule has 0 bridgehead atoms. The fraction of sp³-hybridized carbons (Fsp3) is 0.890. The van der Waals surface area contributed by atoms with Crippen molar-refractivity contribution >= 4 is 41.5 Å². The van der Waals surface area contributed by atoms with Crippen LogP contribution in [0.15, 0.2) is 24.3 Å². The molecule has 49 heteroatoms. The van der Waals surface area contributed by atoms with Crippen molar-refractivity contribution in [1.82, 2.24) is 26.6 Å². The summed E-state index contributed by atoms with van der Waals surface area (Å²) >= 11 is 0. The van der Waals surface area contributed by atoms with E-state index in [0.29, 0.717) is 12.8 Å². The molecule has 28 N–H and O–H groups in total. The molecule has 7 saturated heterocycles. The first kappa shape index (κ1) is 130. The molecule has 0 aromatic rings.